The first-order valence-corrected chi connectivity index (χ1v) is 11.7. The zero-order valence-electron chi connectivity index (χ0n) is 19.5. The van der Waals surface area contributed by atoms with E-state index in [-0.39, 0.29) is 18.4 Å². The van der Waals surface area contributed by atoms with E-state index in [0.717, 1.165) is 43.5 Å². The summed E-state index contributed by atoms with van der Waals surface area (Å²) < 4.78 is 44.5. The Hall–Kier alpha value is -2.45. The molecule has 1 heterocycles. The van der Waals surface area contributed by atoms with Crippen LogP contribution < -0.4 is 10.2 Å². The Labute approximate surface area is 193 Å². The summed E-state index contributed by atoms with van der Waals surface area (Å²) in [6, 6.07) is 3.99. The highest BCUT2D eigenvalue weighted by Crippen LogP contribution is 2.36. The molecule has 33 heavy (non-hydrogen) atoms. The SMILES string of the molecule is CC(C)CN(c1ccc(C(C)CC(=O)O)cc1NC1=N[C@@H](C(F)(F)F)CO1)C1CCCCC1. The molecule has 3 rings (SSSR count). The predicted molar refractivity (Wildman–Crippen MR) is 123 cm³/mol. The molecule has 2 aliphatic rings. The molecule has 1 aliphatic heterocycles. The Morgan fingerprint density at radius 1 is 1.24 bits per heavy atom. The molecule has 0 radical (unpaired) electrons. The number of nitrogens with zero attached hydrogens (tertiary/aromatic N) is 2. The first-order chi connectivity index (χ1) is 15.5. The molecule has 0 saturated heterocycles. The molecule has 9 heteroatoms. The van der Waals surface area contributed by atoms with E-state index in [4.69, 9.17) is 4.74 Å². The number of ether oxygens (including phenoxy) is 1. The number of nitrogens with one attached hydrogen (secondary N) is 1. The van der Waals surface area contributed by atoms with Crippen molar-refractivity contribution < 1.29 is 27.8 Å². The molecule has 2 atom stereocenters. The molecule has 184 valence electrons. The quantitative estimate of drug-likeness (QED) is 0.504. The minimum atomic E-state index is -4.46. The summed E-state index contributed by atoms with van der Waals surface area (Å²) in [6.07, 6.45) is 1.15. The Morgan fingerprint density at radius 3 is 2.52 bits per heavy atom. The lowest BCUT2D eigenvalue weighted by atomic mass is 9.92. The monoisotopic (exact) mass is 469 g/mol. The van der Waals surface area contributed by atoms with E-state index < -0.39 is 24.8 Å². The first kappa shape index (κ1) is 25.2. The van der Waals surface area contributed by atoms with E-state index in [1.165, 1.54) is 6.42 Å². The number of amidine groups is 1. The number of carboxylic acids is 1. The first-order valence-electron chi connectivity index (χ1n) is 11.7. The number of halogens is 3. The van der Waals surface area contributed by atoms with Crippen LogP contribution in [0.5, 0.6) is 0 Å². The summed E-state index contributed by atoms with van der Waals surface area (Å²) in [6.45, 7) is 6.37. The van der Waals surface area contributed by atoms with Gasteiger partial charge < -0.3 is 20.1 Å². The molecule has 0 spiro atoms. The molecule has 0 aromatic heterocycles. The molecular weight excluding hydrogens is 435 g/mol. The van der Waals surface area contributed by atoms with Crippen LogP contribution in [0.4, 0.5) is 24.5 Å². The van der Waals surface area contributed by atoms with Gasteiger partial charge in [0.25, 0.3) is 6.02 Å². The zero-order valence-corrected chi connectivity index (χ0v) is 19.5. The Kier molecular flexibility index (Phi) is 8.13. The van der Waals surface area contributed by atoms with Crippen molar-refractivity contribution in [1.82, 2.24) is 0 Å². The third-order valence-corrected chi connectivity index (χ3v) is 6.23. The van der Waals surface area contributed by atoms with E-state index in [9.17, 15) is 23.1 Å². The van der Waals surface area contributed by atoms with Gasteiger partial charge in [-0.05, 0) is 42.4 Å². The van der Waals surface area contributed by atoms with Crippen molar-refractivity contribution in [3.05, 3.63) is 23.8 Å². The predicted octanol–water partition coefficient (Wildman–Crippen LogP) is 5.79. The number of aliphatic imine (C=N–C) groups is 1. The van der Waals surface area contributed by atoms with Gasteiger partial charge in [0.05, 0.1) is 17.8 Å². The number of aliphatic carboxylic acids is 1. The summed E-state index contributed by atoms with van der Waals surface area (Å²) in [4.78, 5) is 17.2. The molecule has 1 saturated carbocycles. The molecule has 1 aromatic rings. The van der Waals surface area contributed by atoms with Crippen molar-refractivity contribution in [2.24, 2.45) is 10.9 Å². The van der Waals surface area contributed by atoms with Gasteiger partial charge in [-0.3, -0.25) is 4.79 Å². The van der Waals surface area contributed by atoms with Crippen LogP contribution in [0.1, 0.15) is 70.8 Å². The van der Waals surface area contributed by atoms with Crippen molar-refractivity contribution in [2.75, 3.05) is 23.4 Å². The van der Waals surface area contributed by atoms with Crippen LogP contribution in [0, 0.1) is 5.92 Å². The summed E-state index contributed by atoms with van der Waals surface area (Å²) in [7, 11) is 0. The Balaban J connectivity index is 1.97. The second-order valence-corrected chi connectivity index (χ2v) is 9.54. The number of anilines is 2. The normalized spacial score (nSPS) is 20.3. The van der Waals surface area contributed by atoms with Gasteiger partial charge in [-0.2, -0.15) is 13.2 Å². The van der Waals surface area contributed by atoms with Gasteiger partial charge in [0.2, 0.25) is 0 Å². The maximum absolute atomic E-state index is 13.1. The Bertz CT molecular complexity index is 851. The van der Waals surface area contributed by atoms with Gasteiger partial charge in [0.15, 0.2) is 6.04 Å². The number of hydrogen-bond donors (Lipinski definition) is 2. The molecule has 1 unspecified atom stereocenters. The van der Waals surface area contributed by atoms with Crippen molar-refractivity contribution in [3.8, 4) is 0 Å². The van der Waals surface area contributed by atoms with E-state index in [1.807, 2.05) is 25.1 Å². The van der Waals surface area contributed by atoms with E-state index in [2.05, 4.69) is 29.1 Å². The van der Waals surface area contributed by atoms with Crippen LogP contribution in [-0.2, 0) is 9.53 Å². The molecule has 0 amide bonds. The lowest BCUT2D eigenvalue weighted by Crippen LogP contribution is -2.40. The maximum Gasteiger partial charge on any atom is 0.414 e. The fourth-order valence-corrected chi connectivity index (χ4v) is 4.55. The van der Waals surface area contributed by atoms with Gasteiger partial charge in [-0.25, -0.2) is 4.99 Å². The van der Waals surface area contributed by atoms with Crippen LogP contribution in [0.15, 0.2) is 23.2 Å². The van der Waals surface area contributed by atoms with E-state index in [1.54, 1.807) is 0 Å². The van der Waals surface area contributed by atoms with Crippen molar-refractivity contribution in [2.45, 2.75) is 83.5 Å². The molecule has 2 N–H and O–H groups in total. The minimum Gasteiger partial charge on any atom is -0.481 e. The third-order valence-electron chi connectivity index (χ3n) is 6.23. The summed E-state index contributed by atoms with van der Waals surface area (Å²) in [5.41, 5.74) is 2.27. The average molecular weight is 470 g/mol. The molecule has 1 fully saturated rings. The van der Waals surface area contributed by atoms with Crippen molar-refractivity contribution in [3.63, 3.8) is 0 Å². The number of hydrogen-bond acceptors (Lipinski definition) is 5. The average Bonchev–Trinajstić information content (AvgIpc) is 3.21. The van der Waals surface area contributed by atoms with Gasteiger partial charge in [0, 0.05) is 12.6 Å². The van der Waals surface area contributed by atoms with Crippen LogP contribution in [0.3, 0.4) is 0 Å². The second-order valence-electron chi connectivity index (χ2n) is 9.54. The molecule has 1 aromatic carbocycles. The highest BCUT2D eigenvalue weighted by atomic mass is 19.4. The molecule has 1 aliphatic carbocycles. The van der Waals surface area contributed by atoms with Crippen molar-refractivity contribution >= 4 is 23.4 Å². The fraction of sp³-hybridized carbons (Fsp3) is 0.667. The summed E-state index contributed by atoms with van der Waals surface area (Å²) >= 11 is 0. The topological polar surface area (TPSA) is 74.2 Å². The minimum absolute atomic E-state index is 0.0370. The lowest BCUT2D eigenvalue weighted by molar-refractivity contribution is -0.149. The van der Waals surface area contributed by atoms with Crippen LogP contribution in [0.2, 0.25) is 0 Å². The highest BCUT2D eigenvalue weighted by Gasteiger charge is 2.43. The van der Waals surface area contributed by atoms with Crippen LogP contribution in [0.25, 0.3) is 0 Å². The number of benzene rings is 1. The second kappa shape index (κ2) is 10.7. The molecule has 0 bridgehead atoms. The summed E-state index contributed by atoms with van der Waals surface area (Å²) in [5.74, 6) is -0.763. The zero-order chi connectivity index (χ0) is 24.2. The van der Waals surface area contributed by atoms with Crippen LogP contribution >= 0.6 is 0 Å². The third kappa shape index (κ3) is 6.77. The lowest BCUT2D eigenvalue weighted by Gasteiger charge is -2.38. The van der Waals surface area contributed by atoms with Gasteiger partial charge in [-0.15, -0.1) is 0 Å². The van der Waals surface area contributed by atoms with Crippen molar-refractivity contribution in [1.29, 1.82) is 0 Å². The standard InChI is InChI=1S/C24H34F3N3O3/c1-15(2)13-30(18-7-5-4-6-8-18)20-10-9-17(16(3)11-22(31)32)12-19(20)28-23-29-21(14-33-23)24(25,26)27/h9-10,12,15-16,18,21H,4-8,11,13-14H2,1-3H3,(H,28,29)(H,31,32)/t16?,21-/m1/s1. The van der Waals surface area contributed by atoms with E-state index in [0.29, 0.717) is 17.6 Å². The number of carbonyl (C=O) groups is 1. The fourth-order valence-electron chi connectivity index (χ4n) is 4.55. The molecule has 6 nitrogen and oxygen atoms in total. The molecular formula is C24H34F3N3O3. The van der Waals surface area contributed by atoms with Gasteiger partial charge in [-0.1, -0.05) is 46.1 Å². The number of alkyl halides is 3. The Morgan fingerprint density at radius 2 is 1.94 bits per heavy atom. The number of rotatable bonds is 8. The van der Waals surface area contributed by atoms with Crippen LogP contribution in [-0.4, -0.2) is 48.5 Å². The number of carboxylic acid groups (broad SMARTS) is 1. The smallest absolute Gasteiger partial charge is 0.414 e. The summed E-state index contributed by atoms with van der Waals surface area (Å²) in [5, 5.41) is 12.2. The maximum atomic E-state index is 13.1. The van der Waals surface area contributed by atoms with Gasteiger partial charge >= 0.3 is 12.1 Å². The largest absolute Gasteiger partial charge is 0.481 e. The highest BCUT2D eigenvalue weighted by molar-refractivity contribution is 5.94. The van der Waals surface area contributed by atoms with Gasteiger partial charge in [0.1, 0.15) is 6.61 Å². The van der Waals surface area contributed by atoms with E-state index >= 15 is 0 Å².